The Bertz CT molecular complexity index is 378. The topological polar surface area (TPSA) is 41.1 Å². The van der Waals surface area contributed by atoms with Crippen LogP contribution in [-0.2, 0) is 6.54 Å². The van der Waals surface area contributed by atoms with Crippen molar-refractivity contribution in [2.45, 2.75) is 52.1 Å². The number of aromatic nitrogens is 2. The predicted molar refractivity (Wildman–Crippen MR) is 74.7 cm³/mol. The first-order valence-electron chi connectivity index (χ1n) is 6.86. The van der Waals surface area contributed by atoms with Gasteiger partial charge >= 0.3 is 0 Å². The monoisotopic (exact) mass is 248 g/mol. The number of hydrogen-bond donors (Lipinski definition) is 1. The third-order valence-electron chi connectivity index (χ3n) is 3.14. The largest absolute Gasteiger partial charge is 0.341 e. The molecule has 1 saturated heterocycles. The lowest BCUT2D eigenvalue weighted by Crippen LogP contribution is -2.36. The number of hydrogen-bond acceptors (Lipinski definition) is 4. The van der Waals surface area contributed by atoms with E-state index in [0.29, 0.717) is 0 Å². The van der Waals surface area contributed by atoms with Gasteiger partial charge in [0.05, 0.1) is 5.69 Å². The molecular formula is C14H24N4. The fourth-order valence-electron chi connectivity index (χ4n) is 2.08. The molecule has 1 aromatic heterocycles. The lowest BCUT2D eigenvalue weighted by molar-refractivity contribution is 0.421. The van der Waals surface area contributed by atoms with Gasteiger partial charge in [-0.1, -0.05) is 0 Å². The fraction of sp³-hybridized carbons (Fsp3) is 0.714. The summed E-state index contributed by atoms with van der Waals surface area (Å²) in [7, 11) is 0. The zero-order valence-corrected chi connectivity index (χ0v) is 11.7. The summed E-state index contributed by atoms with van der Waals surface area (Å²) in [6.45, 7) is 9.48. The second kappa shape index (κ2) is 5.65. The highest BCUT2D eigenvalue weighted by atomic mass is 15.2. The zero-order chi connectivity index (χ0) is 13.0. The molecular weight excluding hydrogens is 224 g/mol. The van der Waals surface area contributed by atoms with E-state index in [1.54, 1.807) is 0 Å². The molecule has 0 bridgehead atoms. The highest BCUT2D eigenvalue weighted by Gasteiger charge is 2.14. The van der Waals surface area contributed by atoms with Gasteiger partial charge in [0, 0.05) is 31.4 Å². The summed E-state index contributed by atoms with van der Waals surface area (Å²) in [5.74, 6) is 0.892. The molecule has 0 unspecified atom stereocenters. The molecule has 1 aromatic rings. The first kappa shape index (κ1) is 13.3. The second-order valence-corrected chi connectivity index (χ2v) is 6.00. The van der Waals surface area contributed by atoms with Crippen LogP contribution in [0.25, 0.3) is 0 Å². The van der Waals surface area contributed by atoms with Crippen molar-refractivity contribution in [1.29, 1.82) is 0 Å². The highest BCUT2D eigenvalue weighted by Crippen LogP contribution is 2.15. The fourth-order valence-corrected chi connectivity index (χ4v) is 2.08. The molecule has 0 saturated carbocycles. The number of nitrogens with one attached hydrogen (secondary N) is 1. The maximum atomic E-state index is 4.65. The van der Waals surface area contributed by atoms with Crippen molar-refractivity contribution in [3.05, 3.63) is 18.0 Å². The van der Waals surface area contributed by atoms with Gasteiger partial charge in [-0.3, -0.25) is 0 Å². The van der Waals surface area contributed by atoms with E-state index in [1.165, 1.54) is 19.3 Å². The standard InChI is InChI=1S/C14H24N4/c1-14(2,3)16-11-12-7-8-15-13(17-12)18-9-5-4-6-10-18/h7-8,16H,4-6,9-11H2,1-3H3. The smallest absolute Gasteiger partial charge is 0.225 e. The maximum Gasteiger partial charge on any atom is 0.225 e. The minimum absolute atomic E-state index is 0.121. The molecule has 1 aliphatic rings. The molecule has 0 aromatic carbocycles. The van der Waals surface area contributed by atoms with Gasteiger partial charge < -0.3 is 10.2 Å². The van der Waals surface area contributed by atoms with Gasteiger partial charge in [0.2, 0.25) is 5.95 Å². The van der Waals surface area contributed by atoms with Crippen molar-refractivity contribution < 1.29 is 0 Å². The Kier molecular flexibility index (Phi) is 4.17. The molecule has 0 radical (unpaired) electrons. The van der Waals surface area contributed by atoms with Crippen molar-refractivity contribution >= 4 is 5.95 Å². The van der Waals surface area contributed by atoms with Gasteiger partial charge in [0.1, 0.15) is 0 Å². The van der Waals surface area contributed by atoms with Gasteiger partial charge in [-0.2, -0.15) is 0 Å². The Morgan fingerprint density at radius 1 is 1.22 bits per heavy atom. The molecule has 0 atom stereocenters. The molecule has 18 heavy (non-hydrogen) atoms. The van der Waals surface area contributed by atoms with Gasteiger partial charge in [0.15, 0.2) is 0 Å². The van der Waals surface area contributed by atoms with Gasteiger partial charge in [-0.25, -0.2) is 9.97 Å². The quantitative estimate of drug-likeness (QED) is 0.891. The minimum atomic E-state index is 0.121. The molecule has 0 spiro atoms. The van der Waals surface area contributed by atoms with Crippen LogP contribution in [0.5, 0.6) is 0 Å². The van der Waals surface area contributed by atoms with Gasteiger partial charge in [-0.15, -0.1) is 0 Å². The van der Waals surface area contributed by atoms with E-state index in [9.17, 15) is 0 Å². The number of nitrogens with zero attached hydrogens (tertiary/aromatic N) is 3. The number of rotatable bonds is 3. The van der Waals surface area contributed by atoms with Crippen molar-refractivity contribution in [1.82, 2.24) is 15.3 Å². The first-order valence-corrected chi connectivity index (χ1v) is 6.86. The Labute approximate surface area is 110 Å². The molecule has 4 nitrogen and oxygen atoms in total. The zero-order valence-electron chi connectivity index (χ0n) is 11.7. The molecule has 0 aliphatic carbocycles. The third kappa shape index (κ3) is 3.95. The van der Waals surface area contributed by atoms with Gasteiger partial charge in [0.25, 0.3) is 0 Å². The Hall–Kier alpha value is -1.16. The molecule has 2 rings (SSSR count). The highest BCUT2D eigenvalue weighted by molar-refractivity contribution is 5.30. The molecule has 2 heterocycles. The van der Waals surface area contributed by atoms with Crippen LogP contribution in [0.1, 0.15) is 45.7 Å². The van der Waals surface area contributed by atoms with E-state index in [4.69, 9.17) is 0 Å². The van der Waals surface area contributed by atoms with E-state index in [-0.39, 0.29) is 5.54 Å². The predicted octanol–water partition coefficient (Wildman–Crippen LogP) is 2.36. The summed E-state index contributed by atoms with van der Waals surface area (Å²) in [6, 6.07) is 1.99. The average molecular weight is 248 g/mol. The third-order valence-corrected chi connectivity index (χ3v) is 3.14. The van der Waals surface area contributed by atoms with Crippen LogP contribution in [0.4, 0.5) is 5.95 Å². The van der Waals surface area contributed by atoms with E-state index in [2.05, 4.69) is 41.0 Å². The van der Waals surface area contributed by atoms with E-state index < -0.39 is 0 Å². The molecule has 1 N–H and O–H groups in total. The van der Waals surface area contributed by atoms with E-state index in [1.807, 2.05) is 12.3 Å². The van der Waals surface area contributed by atoms with Crippen molar-refractivity contribution in [2.24, 2.45) is 0 Å². The van der Waals surface area contributed by atoms with Crippen LogP contribution in [0.15, 0.2) is 12.3 Å². The van der Waals surface area contributed by atoms with Crippen molar-refractivity contribution in [3.63, 3.8) is 0 Å². The van der Waals surface area contributed by atoms with E-state index in [0.717, 1.165) is 31.3 Å². The van der Waals surface area contributed by atoms with Crippen molar-refractivity contribution in [2.75, 3.05) is 18.0 Å². The van der Waals surface area contributed by atoms with E-state index >= 15 is 0 Å². The summed E-state index contributed by atoms with van der Waals surface area (Å²) in [6.07, 6.45) is 5.72. The number of anilines is 1. The summed E-state index contributed by atoms with van der Waals surface area (Å²) in [5, 5.41) is 3.46. The summed E-state index contributed by atoms with van der Waals surface area (Å²) in [4.78, 5) is 11.3. The Balaban J connectivity index is 2.00. The molecule has 0 amide bonds. The lowest BCUT2D eigenvalue weighted by atomic mass is 10.1. The summed E-state index contributed by atoms with van der Waals surface area (Å²) >= 11 is 0. The van der Waals surface area contributed by atoms with Gasteiger partial charge in [-0.05, 0) is 46.1 Å². The molecule has 4 heteroatoms. The summed E-state index contributed by atoms with van der Waals surface area (Å²) in [5.41, 5.74) is 1.19. The first-order chi connectivity index (χ1) is 8.54. The van der Waals surface area contributed by atoms with Crippen LogP contribution in [0, 0.1) is 0 Å². The van der Waals surface area contributed by atoms with Crippen molar-refractivity contribution in [3.8, 4) is 0 Å². The Morgan fingerprint density at radius 2 is 1.94 bits per heavy atom. The minimum Gasteiger partial charge on any atom is -0.341 e. The second-order valence-electron chi connectivity index (χ2n) is 6.00. The van der Waals surface area contributed by atoms with Crippen LogP contribution < -0.4 is 10.2 Å². The molecule has 1 aliphatic heterocycles. The molecule has 100 valence electrons. The maximum absolute atomic E-state index is 4.65. The molecule has 1 fully saturated rings. The van der Waals surface area contributed by atoms with Crippen LogP contribution in [0.2, 0.25) is 0 Å². The van der Waals surface area contributed by atoms with Crippen LogP contribution in [-0.4, -0.2) is 28.6 Å². The van der Waals surface area contributed by atoms with Crippen LogP contribution in [0.3, 0.4) is 0 Å². The summed E-state index contributed by atoms with van der Waals surface area (Å²) < 4.78 is 0. The average Bonchev–Trinajstić information content (AvgIpc) is 2.37. The van der Waals surface area contributed by atoms with Crippen LogP contribution >= 0.6 is 0 Å². The lowest BCUT2D eigenvalue weighted by Gasteiger charge is -2.27. The number of piperidine rings is 1. The normalized spacial score (nSPS) is 16.9. The Morgan fingerprint density at radius 3 is 2.61 bits per heavy atom. The SMILES string of the molecule is CC(C)(C)NCc1ccnc(N2CCCCC2)n1.